The summed E-state index contributed by atoms with van der Waals surface area (Å²) in [5.41, 5.74) is 3.95. The fraction of sp³-hybridized carbons (Fsp3) is 0.148. The van der Waals surface area contributed by atoms with Crippen molar-refractivity contribution in [1.29, 1.82) is 0 Å². The lowest BCUT2D eigenvalue weighted by Gasteiger charge is -2.09. The number of ether oxygens (including phenoxy) is 2. The van der Waals surface area contributed by atoms with Crippen LogP contribution < -0.4 is 15.4 Å². The molecule has 7 nitrogen and oxygen atoms in total. The summed E-state index contributed by atoms with van der Waals surface area (Å²) in [6.07, 6.45) is 2.45. The second-order valence-electron chi connectivity index (χ2n) is 7.43. The second kappa shape index (κ2) is 12.0. The zero-order valence-corrected chi connectivity index (χ0v) is 19.0. The maximum atomic E-state index is 12.5. The zero-order chi connectivity index (χ0) is 24.3. The van der Waals surface area contributed by atoms with Gasteiger partial charge < -0.3 is 20.1 Å². The molecule has 0 saturated carbocycles. The topological polar surface area (TPSA) is 93.7 Å². The molecular formula is C27H26N2O5. The summed E-state index contributed by atoms with van der Waals surface area (Å²) in [5.74, 6) is -0.241. The first-order chi connectivity index (χ1) is 16.4. The van der Waals surface area contributed by atoms with Crippen molar-refractivity contribution in [3.63, 3.8) is 0 Å². The van der Waals surface area contributed by atoms with Crippen LogP contribution in [0, 0.1) is 6.92 Å². The molecule has 0 radical (unpaired) electrons. The molecule has 0 unspecified atom stereocenters. The van der Waals surface area contributed by atoms with E-state index < -0.39 is 6.16 Å². The fourth-order valence-electron chi connectivity index (χ4n) is 2.98. The number of carbonyl (C=O) groups excluding carboxylic acids is 3. The van der Waals surface area contributed by atoms with Crippen molar-refractivity contribution < 1.29 is 23.9 Å². The Bertz CT molecular complexity index is 1170. The first-order valence-electron chi connectivity index (χ1n) is 10.8. The van der Waals surface area contributed by atoms with Crippen molar-refractivity contribution in [2.24, 2.45) is 0 Å². The summed E-state index contributed by atoms with van der Waals surface area (Å²) < 4.78 is 9.70. The minimum Gasteiger partial charge on any atom is -0.434 e. The van der Waals surface area contributed by atoms with Crippen LogP contribution in [0.25, 0.3) is 6.08 Å². The van der Waals surface area contributed by atoms with Gasteiger partial charge in [-0.2, -0.15) is 0 Å². The van der Waals surface area contributed by atoms with Crippen LogP contribution in [0.2, 0.25) is 0 Å². The lowest BCUT2D eigenvalue weighted by molar-refractivity contribution is -0.116. The van der Waals surface area contributed by atoms with E-state index in [0.717, 1.165) is 16.7 Å². The molecule has 2 N–H and O–H groups in total. The Labute approximate surface area is 198 Å². The Balaban J connectivity index is 1.52. The standard InChI is InChI=1S/C27H26N2O5/c1-3-33-27(32)34-24-14-12-22(13-15-24)26(31)29-23-6-4-5-21(17-23)18-28-25(30)16-11-20-9-7-19(2)8-10-20/h4-17H,3,18H2,1-2H3,(H,28,30)(H,29,31)/b16-11+. The van der Waals surface area contributed by atoms with Crippen LogP contribution in [0.3, 0.4) is 0 Å². The number of carbonyl (C=O) groups is 3. The Hall–Kier alpha value is -4.39. The van der Waals surface area contributed by atoms with Gasteiger partial charge >= 0.3 is 6.16 Å². The first-order valence-corrected chi connectivity index (χ1v) is 10.8. The predicted octanol–water partition coefficient (Wildman–Crippen LogP) is 5.11. The average molecular weight is 459 g/mol. The highest BCUT2D eigenvalue weighted by atomic mass is 16.7. The lowest BCUT2D eigenvalue weighted by atomic mass is 10.1. The van der Waals surface area contributed by atoms with Crippen LogP contribution in [0.1, 0.15) is 34.0 Å². The highest BCUT2D eigenvalue weighted by molar-refractivity contribution is 6.04. The van der Waals surface area contributed by atoms with Gasteiger partial charge in [0.05, 0.1) is 6.61 Å². The maximum absolute atomic E-state index is 12.5. The minimum atomic E-state index is -0.797. The summed E-state index contributed by atoms with van der Waals surface area (Å²) in [5, 5.41) is 5.65. The molecule has 34 heavy (non-hydrogen) atoms. The van der Waals surface area contributed by atoms with Gasteiger partial charge in [-0.15, -0.1) is 0 Å². The Kier molecular flexibility index (Phi) is 8.57. The van der Waals surface area contributed by atoms with E-state index in [1.54, 1.807) is 43.3 Å². The Morgan fingerprint density at radius 3 is 2.38 bits per heavy atom. The van der Waals surface area contributed by atoms with E-state index in [-0.39, 0.29) is 24.2 Å². The van der Waals surface area contributed by atoms with E-state index in [2.05, 4.69) is 10.6 Å². The van der Waals surface area contributed by atoms with Crippen LogP contribution in [0.5, 0.6) is 5.75 Å². The molecule has 0 spiro atoms. The molecular weight excluding hydrogens is 432 g/mol. The van der Waals surface area contributed by atoms with Crippen LogP contribution in [-0.4, -0.2) is 24.6 Å². The van der Waals surface area contributed by atoms with Crippen molar-refractivity contribution in [3.05, 3.63) is 101 Å². The first kappa shape index (κ1) is 24.3. The van der Waals surface area contributed by atoms with Gasteiger partial charge in [0.15, 0.2) is 0 Å². The molecule has 0 saturated heterocycles. The summed E-state index contributed by atoms with van der Waals surface area (Å²) in [4.78, 5) is 36.0. The third-order valence-electron chi connectivity index (χ3n) is 4.74. The van der Waals surface area contributed by atoms with Gasteiger partial charge in [-0.1, -0.05) is 42.0 Å². The molecule has 7 heteroatoms. The Morgan fingerprint density at radius 1 is 0.941 bits per heavy atom. The molecule has 174 valence electrons. The van der Waals surface area contributed by atoms with Crippen molar-refractivity contribution in [2.75, 3.05) is 11.9 Å². The molecule has 0 fully saturated rings. The number of benzene rings is 3. The van der Waals surface area contributed by atoms with Gasteiger partial charge in [0, 0.05) is 23.9 Å². The number of amides is 2. The van der Waals surface area contributed by atoms with Crippen LogP contribution in [0.4, 0.5) is 10.5 Å². The van der Waals surface area contributed by atoms with E-state index >= 15 is 0 Å². The highest BCUT2D eigenvalue weighted by Crippen LogP contribution is 2.16. The predicted molar refractivity (Wildman–Crippen MR) is 131 cm³/mol. The van der Waals surface area contributed by atoms with Crippen molar-refractivity contribution in [1.82, 2.24) is 5.32 Å². The molecule has 0 aliphatic heterocycles. The fourth-order valence-corrected chi connectivity index (χ4v) is 2.98. The number of nitrogens with one attached hydrogen (secondary N) is 2. The second-order valence-corrected chi connectivity index (χ2v) is 7.43. The molecule has 3 aromatic carbocycles. The number of anilines is 1. The third kappa shape index (κ3) is 7.63. The number of rotatable bonds is 8. The molecule has 0 aliphatic carbocycles. The molecule has 0 bridgehead atoms. The molecule has 0 aromatic heterocycles. The summed E-state index contributed by atoms with van der Waals surface area (Å²) in [6, 6.07) is 21.2. The maximum Gasteiger partial charge on any atom is 0.513 e. The SMILES string of the molecule is CCOC(=O)Oc1ccc(C(=O)Nc2cccc(CNC(=O)/C=C/c3ccc(C)cc3)c2)cc1. The number of aryl methyl sites for hydroxylation is 1. The van der Waals surface area contributed by atoms with Crippen molar-refractivity contribution in [2.45, 2.75) is 20.4 Å². The van der Waals surface area contributed by atoms with E-state index in [1.165, 1.54) is 18.2 Å². The van der Waals surface area contributed by atoms with Gasteiger partial charge in [-0.3, -0.25) is 9.59 Å². The van der Waals surface area contributed by atoms with Gasteiger partial charge in [-0.25, -0.2) is 4.79 Å². The summed E-state index contributed by atoms with van der Waals surface area (Å²) in [6.45, 7) is 4.23. The highest BCUT2D eigenvalue weighted by Gasteiger charge is 2.09. The number of hydrogen-bond acceptors (Lipinski definition) is 5. The quantitative estimate of drug-likeness (QED) is 0.278. The number of hydrogen-bond donors (Lipinski definition) is 2. The van der Waals surface area contributed by atoms with Crippen molar-refractivity contribution >= 4 is 29.7 Å². The summed E-state index contributed by atoms with van der Waals surface area (Å²) >= 11 is 0. The van der Waals surface area contributed by atoms with Gasteiger partial charge in [0.25, 0.3) is 5.91 Å². The molecule has 0 atom stereocenters. The minimum absolute atomic E-state index is 0.208. The van der Waals surface area contributed by atoms with Crippen LogP contribution >= 0.6 is 0 Å². The van der Waals surface area contributed by atoms with E-state index in [1.807, 2.05) is 37.3 Å². The molecule has 0 heterocycles. The molecule has 3 aromatic rings. The average Bonchev–Trinajstić information content (AvgIpc) is 2.83. The van der Waals surface area contributed by atoms with Crippen LogP contribution in [-0.2, 0) is 16.1 Å². The van der Waals surface area contributed by atoms with E-state index in [9.17, 15) is 14.4 Å². The van der Waals surface area contributed by atoms with E-state index in [0.29, 0.717) is 17.8 Å². The van der Waals surface area contributed by atoms with Gasteiger partial charge in [-0.05, 0) is 67.4 Å². The normalized spacial score (nSPS) is 10.5. The summed E-state index contributed by atoms with van der Waals surface area (Å²) in [7, 11) is 0. The lowest BCUT2D eigenvalue weighted by Crippen LogP contribution is -2.20. The van der Waals surface area contributed by atoms with E-state index in [4.69, 9.17) is 9.47 Å². The van der Waals surface area contributed by atoms with Gasteiger partial charge in [0.2, 0.25) is 5.91 Å². The monoisotopic (exact) mass is 458 g/mol. The molecule has 0 aliphatic rings. The molecule has 3 rings (SSSR count). The largest absolute Gasteiger partial charge is 0.513 e. The van der Waals surface area contributed by atoms with Crippen molar-refractivity contribution in [3.8, 4) is 5.75 Å². The van der Waals surface area contributed by atoms with Crippen LogP contribution in [0.15, 0.2) is 78.9 Å². The van der Waals surface area contributed by atoms with Gasteiger partial charge in [0.1, 0.15) is 5.75 Å². The Morgan fingerprint density at radius 2 is 1.68 bits per heavy atom. The molecule has 2 amide bonds. The smallest absolute Gasteiger partial charge is 0.434 e. The zero-order valence-electron chi connectivity index (χ0n) is 19.0. The third-order valence-corrected chi connectivity index (χ3v) is 4.74.